The molecule has 1 saturated heterocycles. The highest BCUT2D eigenvalue weighted by Crippen LogP contribution is 2.14. The summed E-state index contributed by atoms with van der Waals surface area (Å²) in [5.41, 5.74) is 1.05. The molecule has 0 N–H and O–H groups in total. The number of likely N-dealkylation sites (tertiary alicyclic amines) is 1. The first-order chi connectivity index (χ1) is 8.56. The van der Waals surface area contributed by atoms with Gasteiger partial charge in [-0.2, -0.15) is 0 Å². The minimum Gasteiger partial charge on any atom is -0.338 e. The van der Waals surface area contributed by atoms with Gasteiger partial charge >= 0.3 is 0 Å². The van der Waals surface area contributed by atoms with Gasteiger partial charge < -0.3 is 4.90 Å². The number of nitrogens with zero attached hydrogens (tertiary/aromatic N) is 2. The van der Waals surface area contributed by atoms with Crippen LogP contribution in [0.15, 0.2) is 12.2 Å². The minimum absolute atomic E-state index is 0.0161. The van der Waals surface area contributed by atoms with Crippen LogP contribution in [0.2, 0.25) is 0 Å². The Balaban J connectivity index is 2.59. The van der Waals surface area contributed by atoms with Crippen LogP contribution < -0.4 is 0 Å². The van der Waals surface area contributed by atoms with E-state index in [4.69, 9.17) is 0 Å². The van der Waals surface area contributed by atoms with Crippen LogP contribution in [-0.4, -0.2) is 47.9 Å². The van der Waals surface area contributed by atoms with Crippen LogP contribution in [0, 0.1) is 0 Å². The highest BCUT2D eigenvalue weighted by molar-refractivity contribution is 5.81. The maximum atomic E-state index is 12.5. The molecule has 3 heteroatoms. The molecule has 3 nitrogen and oxygen atoms in total. The van der Waals surface area contributed by atoms with Gasteiger partial charge in [-0.05, 0) is 46.7 Å². The van der Waals surface area contributed by atoms with Crippen LogP contribution in [0.5, 0.6) is 0 Å². The fraction of sp³-hybridized carbons (Fsp3) is 0.800. The van der Waals surface area contributed by atoms with E-state index in [1.165, 1.54) is 25.7 Å². The number of hydrogen-bond acceptors (Lipinski definition) is 2. The summed E-state index contributed by atoms with van der Waals surface area (Å²) in [6.07, 6.45) is 5.07. The Labute approximate surface area is 112 Å². The molecule has 1 amide bonds. The van der Waals surface area contributed by atoms with E-state index in [-0.39, 0.29) is 11.9 Å². The van der Waals surface area contributed by atoms with Crippen LogP contribution in [-0.2, 0) is 4.79 Å². The fourth-order valence-electron chi connectivity index (χ4n) is 2.57. The van der Waals surface area contributed by atoms with Crippen molar-refractivity contribution in [2.24, 2.45) is 0 Å². The molecule has 0 aromatic rings. The molecule has 1 aliphatic rings. The standard InChI is InChI=1S/C15H28N2O/c1-5-16(12-13(2)3)15(18)14(4)17-10-8-6-7-9-11-17/h14H,2,5-12H2,1,3-4H3. The minimum atomic E-state index is 0.0161. The third-order valence-electron chi connectivity index (χ3n) is 3.70. The van der Waals surface area contributed by atoms with Crippen LogP contribution in [0.25, 0.3) is 0 Å². The molecular weight excluding hydrogens is 224 g/mol. The summed E-state index contributed by atoms with van der Waals surface area (Å²) < 4.78 is 0. The third-order valence-corrected chi connectivity index (χ3v) is 3.70. The van der Waals surface area contributed by atoms with Crippen molar-refractivity contribution in [1.82, 2.24) is 9.80 Å². The maximum absolute atomic E-state index is 12.5. The summed E-state index contributed by atoms with van der Waals surface area (Å²) in [5.74, 6) is 0.252. The number of hydrogen-bond donors (Lipinski definition) is 0. The second-order valence-corrected chi connectivity index (χ2v) is 5.44. The molecule has 0 saturated carbocycles. The summed E-state index contributed by atoms with van der Waals surface area (Å²) >= 11 is 0. The van der Waals surface area contributed by atoms with E-state index >= 15 is 0 Å². The summed E-state index contributed by atoms with van der Waals surface area (Å²) in [6, 6.07) is 0.0161. The zero-order valence-electron chi connectivity index (χ0n) is 12.2. The number of likely N-dealkylation sites (N-methyl/N-ethyl adjacent to an activating group) is 1. The quantitative estimate of drug-likeness (QED) is 0.702. The molecule has 0 aromatic carbocycles. The third kappa shape index (κ3) is 4.45. The van der Waals surface area contributed by atoms with Gasteiger partial charge in [0, 0.05) is 13.1 Å². The van der Waals surface area contributed by atoms with Crippen molar-refractivity contribution in [3.05, 3.63) is 12.2 Å². The average molecular weight is 252 g/mol. The molecule has 0 spiro atoms. The predicted molar refractivity (Wildman–Crippen MR) is 76.6 cm³/mol. The molecular formula is C15H28N2O. The Morgan fingerprint density at radius 1 is 1.28 bits per heavy atom. The SMILES string of the molecule is C=C(C)CN(CC)C(=O)C(C)N1CCCCCC1. The first kappa shape index (κ1) is 15.2. The van der Waals surface area contributed by atoms with E-state index in [1.807, 2.05) is 18.7 Å². The molecule has 1 unspecified atom stereocenters. The van der Waals surface area contributed by atoms with E-state index in [2.05, 4.69) is 18.4 Å². The van der Waals surface area contributed by atoms with Crippen molar-refractivity contribution >= 4 is 5.91 Å². The van der Waals surface area contributed by atoms with Crippen molar-refractivity contribution < 1.29 is 4.79 Å². The molecule has 1 atom stereocenters. The summed E-state index contributed by atoms with van der Waals surface area (Å²) in [5, 5.41) is 0. The number of amides is 1. The Kier molecular flexibility index (Phi) is 6.41. The van der Waals surface area contributed by atoms with E-state index in [0.29, 0.717) is 6.54 Å². The van der Waals surface area contributed by atoms with E-state index in [0.717, 1.165) is 25.2 Å². The molecule has 0 bridgehead atoms. The van der Waals surface area contributed by atoms with Crippen LogP contribution >= 0.6 is 0 Å². The van der Waals surface area contributed by atoms with Crippen LogP contribution in [0.4, 0.5) is 0 Å². The van der Waals surface area contributed by atoms with Crippen molar-refractivity contribution in [3.63, 3.8) is 0 Å². The summed E-state index contributed by atoms with van der Waals surface area (Å²) in [4.78, 5) is 16.7. The average Bonchev–Trinajstić information content (AvgIpc) is 2.62. The van der Waals surface area contributed by atoms with Gasteiger partial charge in [0.25, 0.3) is 0 Å². The van der Waals surface area contributed by atoms with Gasteiger partial charge in [0.05, 0.1) is 6.04 Å². The zero-order valence-corrected chi connectivity index (χ0v) is 12.2. The predicted octanol–water partition coefficient (Wildman–Crippen LogP) is 2.68. The molecule has 1 rings (SSSR count). The maximum Gasteiger partial charge on any atom is 0.239 e. The van der Waals surface area contributed by atoms with Gasteiger partial charge in [-0.3, -0.25) is 9.69 Å². The lowest BCUT2D eigenvalue weighted by Crippen LogP contribution is -2.47. The van der Waals surface area contributed by atoms with Crippen molar-refractivity contribution in [3.8, 4) is 0 Å². The summed E-state index contributed by atoms with van der Waals surface area (Å²) in [7, 11) is 0. The van der Waals surface area contributed by atoms with Gasteiger partial charge in [-0.1, -0.05) is 25.0 Å². The molecule has 1 aliphatic heterocycles. The lowest BCUT2D eigenvalue weighted by Gasteiger charge is -2.31. The molecule has 0 aromatic heterocycles. The smallest absolute Gasteiger partial charge is 0.239 e. The van der Waals surface area contributed by atoms with Crippen molar-refractivity contribution in [2.75, 3.05) is 26.2 Å². The van der Waals surface area contributed by atoms with Gasteiger partial charge in [-0.25, -0.2) is 0 Å². The lowest BCUT2D eigenvalue weighted by atomic mass is 10.2. The Morgan fingerprint density at radius 3 is 2.28 bits per heavy atom. The van der Waals surface area contributed by atoms with Crippen molar-refractivity contribution in [1.29, 1.82) is 0 Å². The largest absolute Gasteiger partial charge is 0.338 e. The molecule has 104 valence electrons. The van der Waals surface area contributed by atoms with Crippen LogP contribution in [0.3, 0.4) is 0 Å². The van der Waals surface area contributed by atoms with Crippen LogP contribution in [0.1, 0.15) is 46.5 Å². The molecule has 1 fully saturated rings. The highest BCUT2D eigenvalue weighted by atomic mass is 16.2. The molecule has 0 aliphatic carbocycles. The Morgan fingerprint density at radius 2 is 1.83 bits per heavy atom. The Hall–Kier alpha value is -0.830. The van der Waals surface area contributed by atoms with Gasteiger partial charge in [0.1, 0.15) is 0 Å². The van der Waals surface area contributed by atoms with Crippen molar-refractivity contribution in [2.45, 2.75) is 52.5 Å². The fourth-order valence-corrected chi connectivity index (χ4v) is 2.57. The first-order valence-electron chi connectivity index (χ1n) is 7.23. The normalized spacial score (nSPS) is 19.1. The zero-order chi connectivity index (χ0) is 13.5. The van der Waals surface area contributed by atoms with E-state index in [1.54, 1.807) is 0 Å². The second kappa shape index (κ2) is 7.57. The molecule has 1 heterocycles. The molecule has 18 heavy (non-hydrogen) atoms. The number of carbonyl (C=O) groups is 1. The lowest BCUT2D eigenvalue weighted by molar-refractivity contribution is -0.135. The second-order valence-electron chi connectivity index (χ2n) is 5.44. The first-order valence-corrected chi connectivity index (χ1v) is 7.23. The monoisotopic (exact) mass is 252 g/mol. The van der Waals surface area contributed by atoms with Gasteiger partial charge in [0.2, 0.25) is 5.91 Å². The summed E-state index contributed by atoms with van der Waals surface area (Å²) in [6.45, 7) is 13.6. The van der Waals surface area contributed by atoms with Gasteiger partial charge in [-0.15, -0.1) is 0 Å². The Bertz CT molecular complexity index is 280. The number of rotatable bonds is 5. The molecule has 0 radical (unpaired) electrons. The number of carbonyl (C=O) groups excluding carboxylic acids is 1. The van der Waals surface area contributed by atoms with E-state index in [9.17, 15) is 4.79 Å². The topological polar surface area (TPSA) is 23.6 Å². The van der Waals surface area contributed by atoms with E-state index < -0.39 is 0 Å². The van der Waals surface area contributed by atoms with Gasteiger partial charge in [0.15, 0.2) is 0 Å². The highest BCUT2D eigenvalue weighted by Gasteiger charge is 2.25.